The second kappa shape index (κ2) is 10.2. The normalized spacial score (nSPS) is 15.1. The van der Waals surface area contributed by atoms with E-state index in [0.717, 1.165) is 48.3 Å². The second-order valence-electron chi connectivity index (χ2n) is 7.23. The van der Waals surface area contributed by atoms with Gasteiger partial charge in [0.25, 0.3) is 0 Å². The molecule has 1 N–H and O–H groups in total. The molecule has 1 aliphatic heterocycles. The number of thiazole rings is 1. The van der Waals surface area contributed by atoms with E-state index in [1.807, 2.05) is 24.0 Å². The lowest BCUT2D eigenvalue weighted by atomic mass is 10.2. The van der Waals surface area contributed by atoms with Crippen LogP contribution < -0.4 is 5.32 Å². The molecule has 8 heteroatoms. The molecule has 0 unspecified atom stereocenters. The highest BCUT2D eigenvalue weighted by molar-refractivity contribution is 7.80. The summed E-state index contributed by atoms with van der Waals surface area (Å²) in [5, 5.41) is 3.55. The van der Waals surface area contributed by atoms with E-state index in [-0.39, 0.29) is 11.8 Å². The van der Waals surface area contributed by atoms with E-state index >= 15 is 0 Å². The van der Waals surface area contributed by atoms with Crippen molar-refractivity contribution in [2.75, 3.05) is 43.8 Å². The maximum absolute atomic E-state index is 12.4. The summed E-state index contributed by atoms with van der Waals surface area (Å²) in [6.07, 6.45) is 3.67. The molecule has 1 aromatic heterocycles. The number of nitrogens with zero attached hydrogens (tertiary/aromatic N) is 3. The van der Waals surface area contributed by atoms with E-state index in [0.29, 0.717) is 31.2 Å². The van der Waals surface area contributed by atoms with Gasteiger partial charge in [-0.15, -0.1) is 0 Å². The summed E-state index contributed by atoms with van der Waals surface area (Å²) in [6.45, 7) is 5.23. The van der Waals surface area contributed by atoms with Crippen molar-refractivity contribution in [3.8, 4) is 0 Å². The molecule has 2 heterocycles. The van der Waals surface area contributed by atoms with Crippen LogP contribution in [0, 0.1) is 6.92 Å². The number of rotatable bonds is 8. The van der Waals surface area contributed by atoms with Gasteiger partial charge in [-0.25, -0.2) is 4.98 Å². The van der Waals surface area contributed by atoms with Crippen LogP contribution in [0.3, 0.4) is 0 Å². The molecule has 1 saturated heterocycles. The number of anilines is 1. The number of hydrogen-bond donors (Lipinski definition) is 2. The van der Waals surface area contributed by atoms with E-state index in [2.05, 4.69) is 33.9 Å². The van der Waals surface area contributed by atoms with Crippen LogP contribution in [0.2, 0.25) is 0 Å². The summed E-state index contributed by atoms with van der Waals surface area (Å²) >= 11 is 5.69. The molecule has 28 heavy (non-hydrogen) atoms. The SMILES string of the molecule is Cc1ccc2nc(NC(=O)CN3CCN(C(=O)CCCCCS)CC3)sc2c1. The van der Waals surface area contributed by atoms with Gasteiger partial charge in [0.05, 0.1) is 16.8 Å². The van der Waals surface area contributed by atoms with Crippen molar-refractivity contribution in [3.63, 3.8) is 0 Å². The number of piperazine rings is 1. The Hall–Kier alpha value is -1.64. The van der Waals surface area contributed by atoms with Gasteiger partial charge in [-0.05, 0) is 43.2 Å². The number of carbonyl (C=O) groups is 2. The molecule has 0 saturated carbocycles. The van der Waals surface area contributed by atoms with Crippen molar-refractivity contribution in [2.45, 2.75) is 32.6 Å². The molecular formula is C20H28N4O2S2. The number of amides is 2. The number of thiol groups is 1. The molecule has 0 spiro atoms. The summed E-state index contributed by atoms with van der Waals surface area (Å²) < 4.78 is 1.08. The molecule has 1 fully saturated rings. The molecule has 1 aromatic carbocycles. The van der Waals surface area contributed by atoms with Crippen molar-refractivity contribution in [2.24, 2.45) is 0 Å². The maximum Gasteiger partial charge on any atom is 0.240 e. The van der Waals surface area contributed by atoms with Crippen LogP contribution in [-0.4, -0.2) is 65.1 Å². The molecule has 2 aromatic rings. The lowest BCUT2D eigenvalue weighted by Gasteiger charge is -2.34. The number of aromatic nitrogens is 1. The van der Waals surface area contributed by atoms with Gasteiger partial charge in [-0.3, -0.25) is 14.5 Å². The summed E-state index contributed by atoms with van der Waals surface area (Å²) in [5.41, 5.74) is 2.09. The van der Waals surface area contributed by atoms with Crippen LogP contribution in [-0.2, 0) is 9.59 Å². The number of aryl methyl sites for hydroxylation is 1. The first-order chi connectivity index (χ1) is 13.5. The third kappa shape index (κ3) is 5.93. The number of carbonyl (C=O) groups excluding carboxylic acids is 2. The molecule has 1 aliphatic rings. The standard InChI is InChI=1S/C20H28N4O2S2/c1-15-6-7-16-17(13-15)28-20(21-16)22-18(25)14-23-8-10-24(11-9-23)19(26)5-3-2-4-12-27/h6-7,13,27H,2-5,8-12,14H2,1H3,(H,21,22,25). The van der Waals surface area contributed by atoms with Gasteiger partial charge in [0.2, 0.25) is 11.8 Å². The lowest BCUT2D eigenvalue weighted by molar-refractivity contribution is -0.133. The van der Waals surface area contributed by atoms with Crippen molar-refractivity contribution < 1.29 is 9.59 Å². The summed E-state index contributed by atoms with van der Waals surface area (Å²) in [6, 6.07) is 6.08. The number of unbranched alkanes of at least 4 members (excludes halogenated alkanes) is 2. The second-order valence-corrected chi connectivity index (χ2v) is 8.71. The third-order valence-corrected chi connectivity index (χ3v) is 6.18. The van der Waals surface area contributed by atoms with E-state index < -0.39 is 0 Å². The molecule has 0 aliphatic carbocycles. The molecule has 0 atom stereocenters. The average molecular weight is 421 g/mol. The first-order valence-corrected chi connectivity index (χ1v) is 11.3. The van der Waals surface area contributed by atoms with Crippen molar-refractivity contribution in [1.82, 2.24) is 14.8 Å². The van der Waals surface area contributed by atoms with Gasteiger partial charge in [0, 0.05) is 32.6 Å². The van der Waals surface area contributed by atoms with Crippen LogP contribution in [0.25, 0.3) is 10.2 Å². The largest absolute Gasteiger partial charge is 0.340 e. The minimum atomic E-state index is -0.0534. The van der Waals surface area contributed by atoms with E-state index in [1.165, 1.54) is 16.9 Å². The van der Waals surface area contributed by atoms with E-state index in [1.54, 1.807) is 0 Å². The van der Waals surface area contributed by atoms with Gasteiger partial charge in [0.1, 0.15) is 0 Å². The summed E-state index contributed by atoms with van der Waals surface area (Å²) in [4.78, 5) is 33.1. The highest BCUT2D eigenvalue weighted by Gasteiger charge is 2.22. The number of benzene rings is 1. The molecular weight excluding hydrogens is 392 g/mol. The fraction of sp³-hybridized carbons (Fsp3) is 0.550. The Labute approximate surface area is 175 Å². The predicted octanol–water partition coefficient (Wildman–Crippen LogP) is 3.18. The fourth-order valence-corrected chi connectivity index (χ4v) is 4.53. The third-order valence-electron chi connectivity index (χ3n) is 4.93. The van der Waals surface area contributed by atoms with Gasteiger partial charge < -0.3 is 10.2 Å². The molecule has 6 nitrogen and oxygen atoms in total. The van der Waals surface area contributed by atoms with Gasteiger partial charge in [-0.2, -0.15) is 12.6 Å². The molecule has 0 bridgehead atoms. The molecule has 2 amide bonds. The Morgan fingerprint density at radius 2 is 1.96 bits per heavy atom. The number of fused-ring (bicyclic) bond motifs is 1. The van der Waals surface area contributed by atoms with Crippen LogP contribution in [0.15, 0.2) is 18.2 Å². The minimum Gasteiger partial charge on any atom is -0.340 e. The van der Waals surface area contributed by atoms with Gasteiger partial charge in [-0.1, -0.05) is 23.8 Å². The van der Waals surface area contributed by atoms with Crippen molar-refractivity contribution >= 4 is 51.1 Å². The Balaban J connectivity index is 1.41. The average Bonchev–Trinajstić information content (AvgIpc) is 3.06. The zero-order valence-electron chi connectivity index (χ0n) is 16.3. The molecule has 3 rings (SSSR count). The quantitative estimate of drug-likeness (QED) is 0.509. The Bertz CT molecular complexity index is 816. The van der Waals surface area contributed by atoms with Gasteiger partial charge in [0.15, 0.2) is 5.13 Å². The predicted molar refractivity (Wildman–Crippen MR) is 118 cm³/mol. The van der Waals surface area contributed by atoms with E-state index in [9.17, 15) is 9.59 Å². The zero-order chi connectivity index (χ0) is 19.9. The first-order valence-electron chi connectivity index (χ1n) is 9.83. The lowest BCUT2D eigenvalue weighted by Crippen LogP contribution is -2.50. The smallest absolute Gasteiger partial charge is 0.240 e. The summed E-state index contributed by atoms with van der Waals surface area (Å²) in [7, 11) is 0. The van der Waals surface area contributed by atoms with Crippen LogP contribution in [0.5, 0.6) is 0 Å². The Kier molecular flexibility index (Phi) is 7.70. The minimum absolute atomic E-state index is 0.0534. The zero-order valence-corrected chi connectivity index (χ0v) is 18.0. The Morgan fingerprint density at radius 1 is 1.18 bits per heavy atom. The maximum atomic E-state index is 12.4. The first kappa shape index (κ1) is 21.1. The summed E-state index contributed by atoms with van der Waals surface area (Å²) in [5.74, 6) is 1.06. The Morgan fingerprint density at radius 3 is 2.71 bits per heavy atom. The number of nitrogens with one attached hydrogen (secondary N) is 1. The van der Waals surface area contributed by atoms with E-state index in [4.69, 9.17) is 0 Å². The van der Waals surface area contributed by atoms with Crippen molar-refractivity contribution in [1.29, 1.82) is 0 Å². The van der Waals surface area contributed by atoms with Gasteiger partial charge >= 0.3 is 0 Å². The van der Waals surface area contributed by atoms with Crippen LogP contribution in [0.4, 0.5) is 5.13 Å². The highest BCUT2D eigenvalue weighted by atomic mass is 32.1. The van der Waals surface area contributed by atoms with Crippen molar-refractivity contribution in [3.05, 3.63) is 23.8 Å². The highest BCUT2D eigenvalue weighted by Crippen LogP contribution is 2.26. The monoisotopic (exact) mass is 420 g/mol. The fourth-order valence-electron chi connectivity index (χ4n) is 3.33. The van der Waals surface area contributed by atoms with Crippen LogP contribution >= 0.6 is 24.0 Å². The number of hydrogen-bond acceptors (Lipinski definition) is 6. The topological polar surface area (TPSA) is 65.5 Å². The molecule has 0 radical (unpaired) electrons. The molecule has 152 valence electrons. The van der Waals surface area contributed by atoms with Crippen LogP contribution in [0.1, 0.15) is 31.2 Å².